The highest BCUT2D eigenvalue weighted by Crippen LogP contribution is 2.38. The maximum Gasteiger partial charge on any atom is 0.319 e. The van der Waals surface area contributed by atoms with Gasteiger partial charge in [-0.05, 0) is 24.8 Å². The molecule has 1 aliphatic rings. The van der Waals surface area contributed by atoms with E-state index in [0.29, 0.717) is 17.1 Å². The second kappa shape index (κ2) is 6.91. The van der Waals surface area contributed by atoms with Gasteiger partial charge in [-0.2, -0.15) is 0 Å². The second-order valence-electron chi connectivity index (χ2n) is 5.62. The minimum atomic E-state index is -0.457. The molecule has 0 aromatic carbocycles. The number of anilines is 1. The number of carbonyl (C=O) groups excluding carboxylic acids is 2. The summed E-state index contributed by atoms with van der Waals surface area (Å²) in [7, 11) is 4.15. The van der Waals surface area contributed by atoms with E-state index in [-0.39, 0.29) is 6.03 Å². The molecule has 0 fully saturated rings. The van der Waals surface area contributed by atoms with E-state index in [2.05, 4.69) is 24.7 Å². The van der Waals surface area contributed by atoms with Gasteiger partial charge in [0.15, 0.2) is 0 Å². The molecular weight excluding hydrogens is 288 g/mol. The Bertz CT molecular complexity index is 539. The van der Waals surface area contributed by atoms with E-state index in [4.69, 9.17) is 5.73 Å². The number of nitrogens with two attached hydrogens (primary N) is 1. The molecule has 0 atom stereocenters. The minimum Gasteiger partial charge on any atom is -0.365 e. The largest absolute Gasteiger partial charge is 0.365 e. The topological polar surface area (TPSA) is 88.7 Å². The predicted octanol–water partition coefficient (Wildman–Crippen LogP) is -0.00820. The van der Waals surface area contributed by atoms with Crippen LogP contribution in [0.3, 0.4) is 0 Å². The number of amides is 3. The zero-order chi connectivity index (χ0) is 15.4. The van der Waals surface area contributed by atoms with Gasteiger partial charge in [0.05, 0.1) is 26.2 Å². The molecule has 7 heteroatoms. The van der Waals surface area contributed by atoms with Crippen LogP contribution in [0.1, 0.15) is 33.6 Å². The van der Waals surface area contributed by atoms with Gasteiger partial charge in [-0.25, -0.2) is 4.79 Å². The van der Waals surface area contributed by atoms with Gasteiger partial charge >= 0.3 is 6.03 Å². The van der Waals surface area contributed by atoms with Gasteiger partial charge in [-0.3, -0.25) is 10.1 Å². The molecule has 1 heterocycles. The van der Waals surface area contributed by atoms with Gasteiger partial charge in [0.1, 0.15) is 5.00 Å². The predicted molar refractivity (Wildman–Crippen MR) is 84.2 cm³/mol. The number of primary amides is 1. The van der Waals surface area contributed by atoms with E-state index in [1.807, 2.05) is 0 Å². The Hall–Kier alpha value is -1.60. The first-order valence-corrected chi connectivity index (χ1v) is 8.09. The number of hydrogen-bond donors (Lipinski definition) is 4. The Kier molecular flexibility index (Phi) is 5.19. The van der Waals surface area contributed by atoms with Gasteiger partial charge in [-0.15, -0.1) is 11.3 Å². The summed E-state index contributed by atoms with van der Waals surface area (Å²) in [6, 6.07) is -0.272. The van der Waals surface area contributed by atoms with Crippen molar-refractivity contribution in [3.8, 4) is 0 Å². The number of rotatable bonds is 6. The number of aryl methyl sites for hydroxylation is 1. The molecule has 0 spiro atoms. The molecule has 5 N–H and O–H groups in total. The highest BCUT2D eigenvalue weighted by Gasteiger charge is 2.25. The first-order chi connectivity index (χ1) is 9.99. The second-order valence-corrected chi connectivity index (χ2v) is 6.72. The fraction of sp³-hybridized carbons (Fsp3) is 0.571. The van der Waals surface area contributed by atoms with Gasteiger partial charge in [-0.1, -0.05) is 0 Å². The van der Waals surface area contributed by atoms with Crippen molar-refractivity contribution in [1.82, 2.24) is 5.32 Å². The maximum absolute atomic E-state index is 11.9. The molecule has 0 unspecified atom stereocenters. The standard InChI is InChI=1S/C14H22N4O2S/c1-18(2)8-4-7-16-14(20)17-13-11(12(15)19)9-5-3-6-10(9)21-13/h3-8H2,1-2H3,(H2,15,19)(H2,16,17,20)/p+1. The lowest BCUT2D eigenvalue weighted by Gasteiger charge is -2.09. The summed E-state index contributed by atoms with van der Waals surface area (Å²) in [6.45, 7) is 1.62. The Morgan fingerprint density at radius 1 is 1.33 bits per heavy atom. The van der Waals surface area contributed by atoms with Crippen LogP contribution in [0.25, 0.3) is 0 Å². The Morgan fingerprint density at radius 2 is 2.10 bits per heavy atom. The van der Waals surface area contributed by atoms with Gasteiger partial charge in [0, 0.05) is 17.8 Å². The summed E-state index contributed by atoms with van der Waals surface area (Å²) in [4.78, 5) is 26.0. The van der Waals surface area contributed by atoms with Crippen LogP contribution >= 0.6 is 11.3 Å². The molecule has 2 rings (SSSR count). The SMILES string of the molecule is C[NH+](C)CCCNC(=O)Nc1sc2c(c1C(N)=O)CCC2. The van der Waals surface area contributed by atoms with Gasteiger partial charge in [0.2, 0.25) is 0 Å². The van der Waals surface area contributed by atoms with Crippen molar-refractivity contribution in [2.24, 2.45) is 5.73 Å². The lowest BCUT2D eigenvalue weighted by Crippen LogP contribution is -3.05. The minimum absolute atomic E-state index is 0.272. The molecule has 3 amide bonds. The zero-order valence-corrected chi connectivity index (χ0v) is 13.4. The van der Waals surface area contributed by atoms with Crippen LogP contribution in [0.5, 0.6) is 0 Å². The lowest BCUT2D eigenvalue weighted by molar-refractivity contribution is -0.858. The third kappa shape index (κ3) is 3.95. The molecule has 0 bridgehead atoms. The zero-order valence-electron chi connectivity index (χ0n) is 12.5. The van der Waals surface area contributed by atoms with E-state index in [9.17, 15) is 9.59 Å². The molecule has 0 radical (unpaired) electrons. The van der Waals surface area contributed by atoms with E-state index in [1.165, 1.54) is 21.1 Å². The van der Waals surface area contributed by atoms with Crippen molar-refractivity contribution in [2.75, 3.05) is 32.5 Å². The highest BCUT2D eigenvalue weighted by atomic mass is 32.1. The Labute approximate surface area is 128 Å². The average Bonchev–Trinajstić information content (AvgIpc) is 2.93. The number of fused-ring (bicyclic) bond motifs is 1. The van der Waals surface area contributed by atoms with Gasteiger partial charge < -0.3 is 16.0 Å². The Balaban J connectivity index is 1.94. The molecule has 0 saturated carbocycles. The molecule has 21 heavy (non-hydrogen) atoms. The van der Waals surface area contributed by atoms with Crippen LogP contribution in [0.2, 0.25) is 0 Å². The monoisotopic (exact) mass is 311 g/mol. The van der Waals surface area contributed by atoms with Crippen LogP contribution < -0.4 is 21.3 Å². The van der Waals surface area contributed by atoms with Crippen molar-refractivity contribution in [3.05, 3.63) is 16.0 Å². The first-order valence-electron chi connectivity index (χ1n) is 7.27. The Morgan fingerprint density at radius 3 is 2.76 bits per heavy atom. The molecular formula is C14H23N4O2S+. The summed E-state index contributed by atoms with van der Waals surface area (Å²) in [5.74, 6) is -0.457. The van der Waals surface area contributed by atoms with Crippen molar-refractivity contribution in [1.29, 1.82) is 0 Å². The third-order valence-electron chi connectivity index (χ3n) is 3.53. The normalized spacial score (nSPS) is 13.3. The summed E-state index contributed by atoms with van der Waals surface area (Å²) in [5.41, 5.74) is 6.98. The molecule has 0 aliphatic heterocycles. The number of urea groups is 1. The van der Waals surface area contributed by atoms with Crippen LogP contribution in [-0.4, -0.2) is 39.1 Å². The number of thiophene rings is 1. The lowest BCUT2D eigenvalue weighted by atomic mass is 10.1. The van der Waals surface area contributed by atoms with E-state index < -0.39 is 5.91 Å². The molecule has 6 nitrogen and oxygen atoms in total. The van der Waals surface area contributed by atoms with Crippen molar-refractivity contribution in [3.63, 3.8) is 0 Å². The summed E-state index contributed by atoms with van der Waals surface area (Å²) < 4.78 is 0. The van der Waals surface area contributed by atoms with Crippen molar-refractivity contribution in [2.45, 2.75) is 25.7 Å². The van der Waals surface area contributed by atoms with Crippen LogP contribution in [0.4, 0.5) is 9.80 Å². The fourth-order valence-electron chi connectivity index (χ4n) is 2.54. The maximum atomic E-state index is 11.9. The van der Waals surface area contributed by atoms with Crippen LogP contribution in [0, 0.1) is 0 Å². The van der Waals surface area contributed by atoms with Crippen molar-refractivity contribution < 1.29 is 14.5 Å². The van der Waals surface area contributed by atoms with E-state index in [0.717, 1.165) is 37.8 Å². The summed E-state index contributed by atoms with van der Waals surface area (Å²) in [6.07, 6.45) is 3.81. The number of carbonyl (C=O) groups is 2. The highest BCUT2D eigenvalue weighted by molar-refractivity contribution is 7.17. The number of nitrogens with one attached hydrogen (secondary N) is 3. The van der Waals surface area contributed by atoms with E-state index in [1.54, 1.807) is 0 Å². The quantitative estimate of drug-likeness (QED) is 0.557. The third-order valence-corrected chi connectivity index (χ3v) is 4.74. The van der Waals surface area contributed by atoms with Crippen LogP contribution in [-0.2, 0) is 12.8 Å². The molecule has 0 saturated heterocycles. The first kappa shape index (κ1) is 15.8. The molecule has 116 valence electrons. The van der Waals surface area contributed by atoms with Crippen molar-refractivity contribution >= 4 is 28.3 Å². The molecule has 1 aliphatic carbocycles. The fourth-order valence-corrected chi connectivity index (χ4v) is 3.83. The van der Waals surface area contributed by atoms with Gasteiger partial charge in [0.25, 0.3) is 5.91 Å². The number of hydrogen-bond acceptors (Lipinski definition) is 3. The molecule has 1 aromatic heterocycles. The average molecular weight is 311 g/mol. The summed E-state index contributed by atoms with van der Waals surface area (Å²) in [5, 5.41) is 6.16. The van der Waals surface area contributed by atoms with E-state index >= 15 is 0 Å². The molecule has 1 aromatic rings. The smallest absolute Gasteiger partial charge is 0.319 e. The number of quaternary nitrogens is 1. The van der Waals surface area contributed by atoms with Crippen LogP contribution in [0.15, 0.2) is 0 Å². The summed E-state index contributed by atoms with van der Waals surface area (Å²) >= 11 is 1.47.